The molecule has 0 saturated carbocycles. The second-order valence-corrected chi connectivity index (χ2v) is 6.22. The van der Waals surface area contributed by atoms with Crippen molar-refractivity contribution in [1.82, 2.24) is 4.90 Å². The minimum Gasteiger partial charge on any atom is -0.393 e. The molecule has 25 heavy (non-hydrogen) atoms. The Morgan fingerprint density at radius 3 is 2.28 bits per heavy atom. The molecule has 1 aliphatic heterocycles. The summed E-state index contributed by atoms with van der Waals surface area (Å²) in [5.74, 6) is 0. The van der Waals surface area contributed by atoms with Crippen LogP contribution in [0.1, 0.15) is 5.56 Å². The van der Waals surface area contributed by atoms with Crippen LogP contribution in [-0.4, -0.2) is 61.7 Å². The molecule has 1 aliphatic rings. The molecule has 1 fully saturated rings. The van der Waals surface area contributed by atoms with E-state index < -0.39 is 6.10 Å². The number of aliphatic hydroxyl groups excluding tert-OH is 1. The van der Waals surface area contributed by atoms with Gasteiger partial charge in [0.1, 0.15) is 12.7 Å². The van der Waals surface area contributed by atoms with E-state index >= 15 is 0 Å². The smallest absolute Gasteiger partial charge is 0.144 e. The van der Waals surface area contributed by atoms with Gasteiger partial charge in [-0.1, -0.05) is 53.7 Å². The number of nitrogens with zero attached hydrogens (tertiary/aromatic N) is 3. The molecule has 2 aromatic carbocycles. The predicted octanol–water partition coefficient (Wildman–Crippen LogP) is 2.22. The van der Waals surface area contributed by atoms with E-state index in [-0.39, 0.29) is 6.61 Å². The van der Waals surface area contributed by atoms with Crippen LogP contribution in [0.3, 0.4) is 0 Å². The first-order valence-corrected chi connectivity index (χ1v) is 8.72. The van der Waals surface area contributed by atoms with Gasteiger partial charge in [-0.3, -0.25) is 4.90 Å². The molecule has 0 radical (unpaired) electrons. The minimum absolute atomic E-state index is 0.211. The Labute approximate surface area is 149 Å². The Bertz CT molecular complexity index is 641. The quantitative estimate of drug-likeness (QED) is 0.621. The van der Waals surface area contributed by atoms with Crippen LogP contribution in [0.15, 0.2) is 65.8 Å². The van der Waals surface area contributed by atoms with E-state index in [1.54, 1.807) is 6.21 Å². The molecule has 0 aromatic heterocycles. The summed E-state index contributed by atoms with van der Waals surface area (Å²) < 4.78 is 0. The summed E-state index contributed by atoms with van der Waals surface area (Å²) in [4.78, 5) is 9.86. The number of anilines is 1. The van der Waals surface area contributed by atoms with Crippen molar-refractivity contribution in [2.75, 3.05) is 44.2 Å². The van der Waals surface area contributed by atoms with E-state index in [9.17, 15) is 5.11 Å². The van der Waals surface area contributed by atoms with Gasteiger partial charge >= 0.3 is 0 Å². The molecule has 1 N–H and O–H groups in total. The van der Waals surface area contributed by atoms with Gasteiger partial charge in [-0.15, -0.1) is 0 Å². The maximum atomic E-state index is 10.1. The standard InChI is InChI=1S/C20H25N3O2/c24-20(17-25-21-15-18-7-3-1-4-8-18)16-22-11-13-23(14-12-22)19-9-5-2-6-10-19/h1-10,15,20,24H,11-14,16-17H2. The van der Waals surface area contributed by atoms with E-state index in [1.165, 1.54) is 5.69 Å². The fraction of sp³-hybridized carbons (Fsp3) is 0.350. The van der Waals surface area contributed by atoms with Crippen molar-refractivity contribution in [1.29, 1.82) is 0 Å². The number of piperazine rings is 1. The fourth-order valence-electron chi connectivity index (χ4n) is 2.94. The molecule has 0 bridgehead atoms. The van der Waals surface area contributed by atoms with Gasteiger partial charge in [-0.2, -0.15) is 0 Å². The third kappa shape index (κ3) is 5.59. The Morgan fingerprint density at radius 2 is 1.60 bits per heavy atom. The lowest BCUT2D eigenvalue weighted by molar-refractivity contribution is 0.0187. The molecule has 0 spiro atoms. The zero-order valence-electron chi connectivity index (χ0n) is 14.4. The summed E-state index contributed by atoms with van der Waals surface area (Å²) >= 11 is 0. The highest BCUT2D eigenvalue weighted by atomic mass is 16.6. The lowest BCUT2D eigenvalue weighted by atomic mass is 10.2. The third-order valence-corrected chi connectivity index (χ3v) is 4.31. The molecule has 5 nitrogen and oxygen atoms in total. The molecule has 1 saturated heterocycles. The van der Waals surface area contributed by atoms with Gasteiger partial charge in [0.05, 0.1) is 6.21 Å². The largest absolute Gasteiger partial charge is 0.393 e. The number of hydrogen-bond donors (Lipinski definition) is 1. The van der Waals surface area contributed by atoms with Crippen LogP contribution in [-0.2, 0) is 4.84 Å². The Hall–Kier alpha value is -2.37. The number of para-hydroxylation sites is 1. The average molecular weight is 339 g/mol. The zero-order valence-corrected chi connectivity index (χ0v) is 14.4. The predicted molar refractivity (Wildman–Crippen MR) is 101 cm³/mol. The Morgan fingerprint density at radius 1 is 0.960 bits per heavy atom. The highest BCUT2D eigenvalue weighted by Gasteiger charge is 2.19. The first-order chi connectivity index (χ1) is 12.3. The van der Waals surface area contributed by atoms with Crippen molar-refractivity contribution in [3.05, 3.63) is 66.2 Å². The van der Waals surface area contributed by atoms with Gasteiger partial charge in [0, 0.05) is 38.4 Å². The normalized spacial score (nSPS) is 16.9. The summed E-state index contributed by atoms with van der Waals surface area (Å²) in [6.07, 6.45) is 1.13. The number of benzene rings is 2. The molecule has 1 heterocycles. The summed E-state index contributed by atoms with van der Waals surface area (Å²) in [5.41, 5.74) is 2.25. The van der Waals surface area contributed by atoms with Crippen molar-refractivity contribution < 1.29 is 9.94 Å². The molecule has 5 heteroatoms. The maximum absolute atomic E-state index is 10.1. The monoisotopic (exact) mass is 339 g/mol. The highest BCUT2D eigenvalue weighted by Crippen LogP contribution is 2.15. The average Bonchev–Trinajstić information content (AvgIpc) is 2.67. The molecular formula is C20H25N3O2. The molecule has 132 valence electrons. The number of aliphatic hydroxyl groups is 1. The van der Waals surface area contributed by atoms with Crippen LogP contribution >= 0.6 is 0 Å². The van der Waals surface area contributed by atoms with Crippen LogP contribution in [0.5, 0.6) is 0 Å². The molecule has 3 rings (SSSR count). The summed E-state index contributed by atoms with van der Waals surface area (Å²) in [7, 11) is 0. The van der Waals surface area contributed by atoms with E-state index in [0.29, 0.717) is 6.54 Å². The second kappa shape index (κ2) is 9.20. The molecule has 0 aliphatic carbocycles. The molecule has 0 amide bonds. The van der Waals surface area contributed by atoms with E-state index in [4.69, 9.17) is 4.84 Å². The van der Waals surface area contributed by atoms with Crippen molar-refractivity contribution in [3.8, 4) is 0 Å². The minimum atomic E-state index is -0.531. The van der Waals surface area contributed by atoms with Crippen LogP contribution in [0, 0.1) is 0 Å². The molecule has 1 unspecified atom stereocenters. The van der Waals surface area contributed by atoms with Crippen LogP contribution in [0.2, 0.25) is 0 Å². The van der Waals surface area contributed by atoms with Crippen LogP contribution < -0.4 is 4.90 Å². The van der Waals surface area contributed by atoms with E-state index in [1.807, 2.05) is 36.4 Å². The number of rotatable bonds is 7. The highest BCUT2D eigenvalue weighted by molar-refractivity contribution is 5.78. The van der Waals surface area contributed by atoms with Crippen molar-refractivity contribution in [2.24, 2.45) is 5.16 Å². The van der Waals surface area contributed by atoms with Crippen molar-refractivity contribution in [3.63, 3.8) is 0 Å². The second-order valence-electron chi connectivity index (χ2n) is 6.22. The van der Waals surface area contributed by atoms with Gasteiger partial charge in [-0.25, -0.2) is 0 Å². The molecule has 1 atom stereocenters. The summed E-state index contributed by atoms with van der Waals surface area (Å²) in [5, 5.41) is 14.0. The van der Waals surface area contributed by atoms with Crippen molar-refractivity contribution >= 4 is 11.9 Å². The van der Waals surface area contributed by atoms with E-state index in [2.05, 4.69) is 39.2 Å². The lowest BCUT2D eigenvalue weighted by Gasteiger charge is -2.36. The van der Waals surface area contributed by atoms with E-state index in [0.717, 1.165) is 31.7 Å². The number of hydrogen-bond acceptors (Lipinski definition) is 5. The summed E-state index contributed by atoms with van der Waals surface area (Å²) in [6, 6.07) is 20.2. The lowest BCUT2D eigenvalue weighted by Crippen LogP contribution is -2.49. The van der Waals surface area contributed by atoms with Crippen LogP contribution in [0.25, 0.3) is 0 Å². The van der Waals surface area contributed by atoms with Crippen molar-refractivity contribution in [2.45, 2.75) is 6.10 Å². The van der Waals surface area contributed by atoms with Gasteiger partial charge in [0.15, 0.2) is 0 Å². The first kappa shape index (κ1) is 17.5. The third-order valence-electron chi connectivity index (χ3n) is 4.31. The number of oxime groups is 1. The van der Waals surface area contributed by atoms with Gasteiger partial charge in [0.2, 0.25) is 0 Å². The Balaban J connectivity index is 1.35. The molecule has 2 aromatic rings. The fourth-order valence-corrected chi connectivity index (χ4v) is 2.94. The topological polar surface area (TPSA) is 48.3 Å². The van der Waals surface area contributed by atoms with Gasteiger partial charge in [0.25, 0.3) is 0 Å². The zero-order chi connectivity index (χ0) is 17.3. The SMILES string of the molecule is OC(CON=Cc1ccccc1)CN1CCN(c2ccccc2)CC1. The summed E-state index contributed by atoms with van der Waals surface area (Å²) in [6.45, 7) is 4.66. The Kier molecular flexibility index (Phi) is 6.42. The van der Waals surface area contributed by atoms with Crippen LogP contribution in [0.4, 0.5) is 5.69 Å². The molecular weight excluding hydrogens is 314 g/mol. The van der Waals surface area contributed by atoms with Gasteiger partial charge < -0.3 is 14.8 Å². The number of β-amino-alcohol motifs (C(OH)–C–C–N with tert-alkyl or cyclic N) is 1. The maximum Gasteiger partial charge on any atom is 0.144 e. The first-order valence-electron chi connectivity index (χ1n) is 8.72. The van der Waals surface area contributed by atoms with Gasteiger partial charge in [-0.05, 0) is 17.7 Å².